The number of amides is 1. The van der Waals surface area contributed by atoms with Gasteiger partial charge in [-0.2, -0.15) is 0 Å². The average molecular weight is 304 g/mol. The lowest BCUT2D eigenvalue weighted by atomic mass is 9.98. The van der Waals surface area contributed by atoms with Crippen LogP contribution in [0, 0.1) is 5.92 Å². The lowest BCUT2D eigenvalue weighted by molar-refractivity contribution is -0.128. The molecular formula is C18H28N2O2. The van der Waals surface area contributed by atoms with Gasteiger partial charge in [-0.25, -0.2) is 0 Å². The minimum absolute atomic E-state index is 0.0319. The van der Waals surface area contributed by atoms with E-state index in [9.17, 15) is 9.90 Å². The Bertz CT molecular complexity index is 482. The highest BCUT2D eigenvalue weighted by molar-refractivity contribution is 5.82. The zero-order chi connectivity index (χ0) is 15.9. The van der Waals surface area contributed by atoms with Gasteiger partial charge in [-0.3, -0.25) is 9.69 Å². The van der Waals surface area contributed by atoms with Crippen LogP contribution in [-0.2, 0) is 17.9 Å². The molecule has 0 aromatic heterocycles. The van der Waals surface area contributed by atoms with Crippen LogP contribution < -0.4 is 5.32 Å². The predicted molar refractivity (Wildman–Crippen MR) is 88.3 cm³/mol. The number of carbonyl (C=O) groups excluding carboxylic acids is 1. The molecule has 0 aliphatic carbocycles. The second-order valence-electron chi connectivity index (χ2n) is 6.48. The van der Waals surface area contributed by atoms with Gasteiger partial charge in [0.15, 0.2) is 0 Å². The molecule has 0 spiro atoms. The first-order valence-corrected chi connectivity index (χ1v) is 8.32. The van der Waals surface area contributed by atoms with Crippen LogP contribution in [0.4, 0.5) is 0 Å². The Labute approximate surface area is 133 Å². The number of hydrogen-bond acceptors (Lipinski definition) is 3. The number of carbonyl (C=O) groups is 1. The molecule has 0 saturated carbocycles. The van der Waals surface area contributed by atoms with Crippen LogP contribution in [-0.4, -0.2) is 35.0 Å². The first-order valence-electron chi connectivity index (χ1n) is 8.32. The molecule has 2 rings (SSSR count). The van der Waals surface area contributed by atoms with Crippen LogP contribution in [0.3, 0.4) is 0 Å². The molecule has 4 heteroatoms. The largest absolute Gasteiger partial charge is 0.392 e. The van der Waals surface area contributed by atoms with Gasteiger partial charge in [0, 0.05) is 6.54 Å². The summed E-state index contributed by atoms with van der Waals surface area (Å²) in [5, 5.41) is 12.2. The summed E-state index contributed by atoms with van der Waals surface area (Å²) in [6, 6.07) is 7.67. The van der Waals surface area contributed by atoms with Crippen molar-refractivity contribution in [1.82, 2.24) is 10.2 Å². The van der Waals surface area contributed by atoms with Gasteiger partial charge < -0.3 is 10.4 Å². The molecule has 0 bridgehead atoms. The molecule has 0 radical (unpaired) electrons. The lowest BCUT2D eigenvalue weighted by Crippen LogP contribution is -2.51. The molecule has 1 heterocycles. The molecule has 1 fully saturated rings. The van der Waals surface area contributed by atoms with Crippen LogP contribution >= 0.6 is 0 Å². The normalized spacial score (nSPS) is 17.5. The van der Waals surface area contributed by atoms with Gasteiger partial charge >= 0.3 is 0 Å². The molecule has 1 aromatic rings. The predicted octanol–water partition coefficient (Wildman–Crippen LogP) is 2.31. The molecule has 1 saturated heterocycles. The average Bonchev–Trinajstić information content (AvgIpc) is 2.54. The van der Waals surface area contributed by atoms with Crippen molar-refractivity contribution in [2.75, 3.05) is 13.1 Å². The maximum Gasteiger partial charge on any atom is 0.237 e. The van der Waals surface area contributed by atoms with Crippen molar-refractivity contribution in [3.8, 4) is 0 Å². The van der Waals surface area contributed by atoms with Gasteiger partial charge in [0.25, 0.3) is 0 Å². The molecule has 1 amide bonds. The number of nitrogens with zero attached hydrogens (tertiary/aromatic N) is 1. The van der Waals surface area contributed by atoms with Crippen molar-refractivity contribution in [3.05, 3.63) is 35.4 Å². The van der Waals surface area contributed by atoms with E-state index in [2.05, 4.69) is 24.1 Å². The SMILES string of the molecule is CC(C)[C@H](C(=O)NCc1cccc(CO)c1)N1CCCCC1. The van der Waals surface area contributed by atoms with E-state index in [0.717, 1.165) is 24.2 Å². The van der Waals surface area contributed by atoms with E-state index in [1.165, 1.54) is 19.3 Å². The van der Waals surface area contributed by atoms with Crippen molar-refractivity contribution in [2.45, 2.75) is 52.3 Å². The first kappa shape index (κ1) is 17.0. The number of nitrogens with one attached hydrogen (secondary N) is 1. The zero-order valence-electron chi connectivity index (χ0n) is 13.7. The number of aliphatic hydroxyl groups excluding tert-OH is 1. The molecule has 1 aliphatic heterocycles. The fourth-order valence-corrected chi connectivity index (χ4v) is 3.22. The number of hydrogen-bond donors (Lipinski definition) is 2. The molecule has 1 aromatic carbocycles. The van der Waals surface area contributed by atoms with E-state index in [0.29, 0.717) is 12.5 Å². The molecule has 0 unspecified atom stereocenters. The standard InChI is InChI=1S/C18H28N2O2/c1-14(2)17(20-9-4-3-5-10-20)18(22)19-12-15-7-6-8-16(11-15)13-21/h6-8,11,14,17,21H,3-5,9-10,12-13H2,1-2H3,(H,19,22)/t17-/m1/s1. The van der Waals surface area contributed by atoms with E-state index in [-0.39, 0.29) is 18.6 Å². The van der Waals surface area contributed by atoms with Crippen LogP contribution in [0.1, 0.15) is 44.2 Å². The molecule has 122 valence electrons. The molecule has 4 nitrogen and oxygen atoms in total. The van der Waals surface area contributed by atoms with Gasteiger partial charge in [0.05, 0.1) is 12.6 Å². The van der Waals surface area contributed by atoms with Crippen LogP contribution in [0.2, 0.25) is 0 Å². The van der Waals surface area contributed by atoms with Crippen LogP contribution in [0.15, 0.2) is 24.3 Å². The molecule has 22 heavy (non-hydrogen) atoms. The van der Waals surface area contributed by atoms with Crippen molar-refractivity contribution < 1.29 is 9.90 Å². The summed E-state index contributed by atoms with van der Waals surface area (Å²) in [5.41, 5.74) is 1.91. The van der Waals surface area contributed by atoms with E-state index >= 15 is 0 Å². The number of rotatable bonds is 6. The third-order valence-electron chi connectivity index (χ3n) is 4.32. The Morgan fingerprint density at radius 1 is 1.23 bits per heavy atom. The van der Waals surface area contributed by atoms with Gasteiger partial charge in [0.2, 0.25) is 5.91 Å². The number of aliphatic hydroxyl groups is 1. The first-order chi connectivity index (χ1) is 10.6. The Morgan fingerprint density at radius 2 is 1.91 bits per heavy atom. The maximum absolute atomic E-state index is 12.6. The lowest BCUT2D eigenvalue weighted by Gasteiger charge is -2.35. The second kappa shape index (κ2) is 8.30. The van der Waals surface area contributed by atoms with Gasteiger partial charge in [0.1, 0.15) is 0 Å². The molecule has 1 atom stereocenters. The summed E-state index contributed by atoms with van der Waals surface area (Å²) in [7, 11) is 0. The van der Waals surface area contributed by atoms with Crippen molar-refractivity contribution >= 4 is 5.91 Å². The number of piperidine rings is 1. The summed E-state index contributed by atoms with van der Waals surface area (Å²) in [4.78, 5) is 14.9. The Kier molecular flexibility index (Phi) is 6.40. The zero-order valence-corrected chi connectivity index (χ0v) is 13.7. The van der Waals surface area contributed by atoms with Gasteiger partial charge in [-0.15, -0.1) is 0 Å². The summed E-state index contributed by atoms with van der Waals surface area (Å²) in [5.74, 6) is 0.424. The second-order valence-corrected chi connectivity index (χ2v) is 6.48. The highest BCUT2D eigenvalue weighted by Gasteiger charge is 2.29. The number of benzene rings is 1. The van der Waals surface area contributed by atoms with E-state index in [4.69, 9.17) is 0 Å². The summed E-state index contributed by atoms with van der Waals surface area (Å²) >= 11 is 0. The minimum atomic E-state index is -0.0404. The number of likely N-dealkylation sites (tertiary alicyclic amines) is 1. The van der Waals surface area contributed by atoms with Gasteiger partial charge in [-0.05, 0) is 43.0 Å². The minimum Gasteiger partial charge on any atom is -0.392 e. The Balaban J connectivity index is 1.95. The molecular weight excluding hydrogens is 276 g/mol. The highest BCUT2D eigenvalue weighted by atomic mass is 16.3. The monoisotopic (exact) mass is 304 g/mol. The maximum atomic E-state index is 12.6. The summed E-state index contributed by atoms with van der Waals surface area (Å²) in [6.45, 7) is 6.83. The topological polar surface area (TPSA) is 52.6 Å². The Morgan fingerprint density at radius 3 is 2.55 bits per heavy atom. The molecule has 2 N–H and O–H groups in total. The quantitative estimate of drug-likeness (QED) is 0.848. The van der Waals surface area contributed by atoms with Crippen molar-refractivity contribution in [1.29, 1.82) is 0 Å². The van der Waals surface area contributed by atoms with E-state index in [1.54, 1.807) is 0 Å². The van der Waals surface area contributed by atoms with Crippen molar-refractivity contribution in [2.24, 2.45) is 5.92 Å². The summed E-state index contributed by atoms with van der Waals surface area (Å²) in [6.07, 6.45) is 3.65. The van der Waals surface area contributed by atoms with E-state index < -0.39 is 0 Å². The molecule has 1 aliphatic rings. The van der Waals surface area contributed by atoms with Gasteiger partial charge in [-0.1, -0.05) is 44.5 Å². The fraction of sp³-hybridized carbons (Fsp3) is 0.611. The third kappa shape index (κ3) is 4.55. The van der Waals surface area contributed by atoms with E-state index in [1.807, 2.05) is 24.3 Å². The fourth-order valence-electron chi connectivity index (χ4n) is 3.22. The smallest absolute Gasteiger partial charge is 0.237 e. The van der Waals surface area contributed by atoms with Crippen LogP contribution in [0.25, 0.3) is 0 Å². The Hall–Kier alpha value is -1.39. The third-order valence-corrected chi connectivity index (χ3v) is 4.32. The highest BCUT2D eigenvalue weighted by Crippen LogP contribution is 2.18. The van der Waals surface area contributed by atoms with Crippen LogP contribution in [0.5, 0.6) is 0 Å². The summed E-state index contributed by atoms with van der Waals surface area (Å²) < 4.78 is 0. The van der Waals surface area contributed by atoms with Crippen molar-refractivity contribution in [3.63, 3.8) is 0 Å².